The highest BCUT2D eigenvalue weighted by molar-refractivity contribution is 7.80. The van der Waals surface area contributed by atoms with Crippen molar-refractivity contribution in [2.24, 2.45) is 10.8 Å². The summed E-state index contributed by atoms with van der Waals surface area (Å²) in [5.74, 6) is 0.801. The van der Waals surface area contributed by atoms with Crippen LogP contribution in [0.25, 0.3) is 0 Å². The zero-order valence-corrected chi connectivity index (χ0v) is 10.8. The zero-order valence-electron chi connectivity index (χ0n) is 10.0. The van der Waals surface area contributed by atoms with Crippen LogP contribution in [0.3, 0.4) is 0 Å². The predicted octanol–water partition coefficient (Wildman–Crippen LogP) is 2.03. The number of para-hydroxylation sites is 1. The van der Waals surface area contributed by atoms with Crippen molar-refractivity contribution < 1.29 is 4.74 Å². The molecule has 0 fully saturated rings. The average Bonchev–Trinajstić information content (AvgIpc) is 2.30. The third kappa shape index (κ3) is 4.82. The van der Waals surface area contributed by atoms with Crippen LogP contribution in [0.1, 0.15) is 25.8 Å². The van der Waals surface area contributed by atoms with Crippen molar-refractivity contribution in [2.45, 2.75) is 26.4 Å². The maximum Gasteiger partial charge on any atom is 0.184 e. The van der Waals surface area contributed by atoms with Crippen molar-refractivity contribution in [3.05, 3.63) is 29.8 Å². The molecule has 4 nitrogen and oxygen atoms in total. The molecule has 0 unspecified atom stereocenters. The van der Waals surface area contributed by atoms with Gasteiger partial charge in [-0.1, -0.05) is 19.1 Å². The van der Waals surface area contributed by atoms with Gasteiger partial charge in [-0.2, -0.15) is 5.10 Å². The van der Waals surface area contributed by atoms with Gasteiger partial charge in [-0.25, -0.2) is 0 Å². The lowest BCUT2D eigenvalue weighted by molar-refractivity contribution is 0.217. The third-order valence-corrected chi connectivity index (χ3v) is 2.29. The standard InChI is InChI=1S/C12H17N3OS/c1-3-9(2)16-11-7-5-4-6-10(11)8-14-15-12(13)17/h4-9H,3H2,1-2H3,(H3,13,15,17)/b14-8+/t9-/m1/s1. The van der Waals surface area contributed by atoms with Gasteiger partial charge < -0.3 is 10.5 Å². The molecule has 0 saturated heterocycles. The molecule has 0 aliphatic carbocycles. The summed E-state index contributed by atoms with van der Waals surface area (Å²) in [6.45, 7) is 4.11. The van der Waals surface area contributed by atoms with Crippen molar-refractivity contribution in [3.63, 3.8) is 0 Å². The van der Waals surface area contributed by atoms with E-state index >= 15 is 0 Å². The van der Waals surface area contributed by atoms with Crippen LogP contribution in [0, 0.1) is 0 Å². The van der Waals surface area contributed by atoms with E-state index in [1.165, 1.54) is 0 Å². The second-order valence-electron chi connectivity index (χ2n) is 3.61. The molecule has 5 heteroatoms. The van der Waals surface area contributed by atoms with Gasteiger partial charge in [0.05, 0.1) is 12.3 Å². The Morgan fingerprint density at radius 3 is 2.94 bits per heavy atom. The number of rotatable bonds is 5. The van der Waals surface area contributed by atoms with Gasteiger partial charge in [0.2, 0.25) is 0 Å². The summed E-state index contributed by atoms with van der Waals surface area (Å²) in [5, 5.41) is 4.05. The van der Waals surface area contributed by atoms with E-state index in [0.717, 1.165) is 17.7 Å². The summed E-state index contributed by atoms with van der Waals surface area (Å²) in [7, 11) is 0. The number of benzene rings is 1. The van der Waals surface area contributed by atoms with Crippen molar-refractivity contribution in [3.8, 4) is 5.75 Å². The van der Waals surface area contributed by atoms with Gasteiger partial charge in [-0.3, -0.25) is 5.43 Å². The van der Waals surface area contributed by atoms with Gasteiger partial charge in [-0.05, 0) is 37.7 Å². The van der Waals surface area contributed by atoms with Crippen molar-refractivity contribution in [1.82, 2.24) is 5.43 Å². The highest BCUT2D eigenvalue weighted by atomic mass is 32.1. The Morgan fingerprint density at radius 1 is 1.59 bits per heavy atom. The van der Waals surface area contributed by atoms with E-state index in [9.17, 15) is 0 Å². The van der Waals surface area contributed by atoms with E-state index in [4.69, 9.17) is 10.5 Å². The molecular formula is C12H17N3OS. The van der Waals surface area contributed by atoms with E-state index in [1.807, 2.05) is 31.2 Å². The van der Waals surface area contributed by atoms with Crippen LogP contribution in [0.4, 0.5) is 0 Å². The minimum absolute atomic E-state index is 0.140. The Labute approximate surface area is 107 Å². The first-order valence-corrected chi connectivity index (χ1v) is 5.88. The number of nitrogens with two attached hydrogens (primary N) is 1. The summed E-state index contributed by atoms with van der Waals surface area (Å²) >= 11 is 4.65. The third-order valence-electron chi connectivity index (χ3n) is 2.20. The molecule has 0 radical (unpaired) electrons. The number of nitrogens with one attached hydrogen (secondary N) is 1. The van der Waals surface area contributed by atoms with Crippen LogP contribution < -0.4 is 15.9 Å². The van der Waals surface area contributed by atoms with Gasteiger partial charge >= 0.3 is 0 Å². The molecule has 92 valence electrons. The average molecular weight is 251 g/mol. The maximum absolute atomic E-state index is 5.77. The Bertz CT molecular complexity index is 406. The molecule has 17 heavy (non-hydrogen) atoms. The first kappa shape index (κ1) is 13.4. The Hall–Kier alpha value is -1.62. The molecule has 1 aromatic rings. The van der Waals surface area contributed by atoms with Crippen LogP contribution in [-0.2, 0) is 0 Å². The molecule has 0 aromatic heterocycles. The lowest BCUT2D eigenvalue weighted by Crippen LogP contribution is -2.24. The van der Waals surface area contributed by atoms with Crippen LogP contribution >= 0.6 is 12.2 Å². The number of hydrogen-bond donors (Lipinski definition) is 2. The Balaban J connectivity index is 2.77. The van der Waals surface area contributed by atoms with E-state index in [1.54, 1.807) is 6.21 Å². The topological polar surface area (TPSA) is 59.6 Å². The van der Waals surface area contributed by atoms with Gasteiger partial charge in [0.1, 0.15) is 5.75 Å². The summed E-state index contributed by atoms with van der Waals surface area (Å²) in [6.07, 6.45) is 2.76. The highest BCUT2D eigenvalue weighted by Gasteiger charge is 2.04. The monoisotopic (exact) mass is 251 g/mol. The van der Waals surface area contributed by atoms with Gasteiger partial charge in [-0.15, -0.1) is 0 Å². The number of thiocarbonyl (C=S) groups is 1. The maximum atomic E-state index is 5.77. The molecule has 0 aliphatic rings. The Morgan fingerprint density at radius 2 is 2.29 bits per heavy atom. The normalized spacial score (nSPS) is 12.4. The molecule has 1 rings (SSSR count). The molecule has 1 atom stereocenters. The van der Waals surface area contributed by atoms with E-state index < -0.39 is 0 Å². The van der Waals surface area contributed by atoms with Crippen LogP contribution in [0.5, 0.6) is 5.75 Å². The fraction of sp³-hybridized carbons (Fsp3) is 0.333. The number of hydrazone groups is 1. The first-order valence-electron chi connectivity index (χ1n) is 5.47. The fourth-order valence-electron chi connectivity index (χ4n) is 1.16. The highest BCUT2D eigenvalue weighted by Crippen LogP contribution is 2.18. The summed E-state index contributed by atoms with van der Waals surface area (Å²) in [4.78, 5) is 0. The summed E-state index contributed by atoms with van der Waals surface area (Å²) < 4.78 is 5.77. The summed E-state index contributed by atoms with van der Waals surface area (Å²) in [5.41, 5.74) is 8.67. The predicted molar refractivity (Wildman–Crippen MR) is 74.3 cm³/mol. The minimum atomic E-state index is 0.140. The van der Waals surface area contributed by atoms with Crippen LogP contribution in [-0.4, -0.2) is 17.4 Å². The van der Waals surface area contributed by atoms with E-state index in [-0.39, 0.29) is 11.2 Å². The molecule has 0 heterocycles. The second-order valence-corrected chi connectivity index (χ2v) is 4.05. The lowest BCUT2D eigenvalue weighted by atomic mass is 10.2. The quantitative estimate of drug-likeness (QED) is 0.477. The van der Waals surface area contributed by atoms with E-state index in [2.05, 4.69) is 29.7 Å². The Kier molecular flexibility index (Phi) is 5.42. The molecule has 3 N–H and O–H groups in total. The lowest BCUT2D eigenvalue weighted by Gasteiger charge is -2.14. The van der Waals surface area contributed by atoms with Crippen LogP contribution in [0.15, 0.2) is 29.4 Å². The van der Waals surface area contributed by atoms with Gasteiger partial charge in [0.15, 0.2) is 5.11 Å². The molecular weight excluding hydrogens is 234 g/mol. The molecule has 0 bridgehead atoms. The van der Waals surface area contributed by atoms with Crippen molar-refractivity contribution in [2.75, 3.05) is 0 Å². The molecule has 0 spiro atoms. The molecule has 1 aromatic carbocycles. The fourth-order valence-corrected chi connectivity index (χ4v) is 1.21. The molecule has 0 amide bonds. The largest absolute Gasteiger partial charge is 0.490 e. The SMILES string of the molecule is CC[C@@H](C)Oc1ccccc1/C=N/NC(N)=S. The molecule has 0 saturated carbocycles. The zero-order chi connectivity index (χ0) is 12.7. The van der Waals surface area contributed by atoms with Crippen LogP contribution in [0.2, 0.25) is 0 Å². The summed E-state index contributed by atoms with van der Waals surface area (Å²) in [6, 6.07) is 7.68. The van der Waals surface area contributed by atoms with E-state index in [0.29, 0.717) is 0 Å². The minimum Gasteiger partial charge on any atom is -0.490 e. The number of nitrogens with zero attached hydrogens (tertiary/aromatic N) is 1. The van der Waals surface area contributed by atoms with Crippen molar-refractivity contribution in [1.29, 1.82) is 0 Å². The van der Waals surface area contributed by atoms with Crippen molar-refractivity contribution >= 4 is 23.5 Å². The second kappa shape index (κ2) is 6.85. The molecule has 0 aliphatic heterocycles. The smallest absolute Gasteiger partial charge is 0.184 e. The first-order chi connectivity index (χ1) is 8.13. The number of hydrogen-bond acceptors (Lipinski definition) is 3. The number of ether oxygens (including phenoxy) is 1. The van der Waals surface area contributed by atoms with Gasteiger partial charge in [0.25, 0.3) is 0 Å². The van der Waals surface area contributed by atoms with Gasteiger partial charge in [0, 0.05) is 5.56 Å².